The Morgan fingerprint density at radius 1 is 1.36 bits per heavy atom. The molecule has 2 nitrogen and oxygen atoms in total. The monoisotopic (exact) mass is 208 g/mol. The molecule has 0 aliphatic heterocycles. The summed E-state index contributed by atoms with van der Waals surface area (Å²) in [5, 5.41) is 0.795. The van der Waals surface area contributed by atoms with Crippen molar-refractivity contribution < 1.29 is 0 Å². The van der Waals surface area contributed by atoms with Crippen LogP contribution in [-0.4, -0.2) is 16.2 Å². The minimum Gasteiger partial charge on any atom is -0.220 e. The molecule has 5 heteroatoms. The summed E-state index contributed by atoms with van der Waals surface area (Å²) in [5.41, 5.74) is 0. The first-order valence-corrected chi connectivity index (χ1v) is 5.05. The summed E-state index contributed by atoms with van der Waals surface area (Å²) in [5.74, 6) is 1.41. The van der Waals surface area contributed by atoms with Gasteiger partial charge in [0.05, 0.1) is 5.75 Å². The quantitative estimate of drug-likeness (QED) is 0.700. The summed E-state index contributed by atoms with van der Waals surface area (Å²) in [6.07, 6.45) is 1.97. The van der Waals surface area contributed by atoms with Crippen LogP contribution in [0, 0.1) is 0 Å². The lowest BCUT2D eigenvalue weighted by Gasteiger charge is -1.97. The maximum Gasteiger partial charge on any atom is 0.141 e. The Labute approximate surface area is 79.3 Å². The van der Waals surface area contributed by atoms with Gasteiger partial charge in [-0.15, -0.1) is 0 Å². The predicted octanol–water partition coefficient (Wildman–Crippen LogP) is 2.65. The summed E-state index contributed by atoms with van der Waals surface area (Å²) in [4.78, 5) is 7.95. The summed E-state index contributed by atoms with van der Waals surface area (Å²) in [6, 6.07) is 1.52. The van der Waals surface area contributed by atoms with Crippen molar-refractivity contribution in [2.24, 2.45) is 0 Å². The zero-order chi connectivity index (χ0) is 8.27. The molecule has 1 heterocycles. The van der Waals surface area contributed by atoms with Gasteiger partial charge in [0, 0.05) is 6.07 Å². The van der Waals surface area contributed by atoms with Gasteiger partial charge >= 0.3 is 0 Å². The molecule has 0 aromatic carbocycles. The van der Waals surface area contributed by atoms with Gasteiger partial charge in [-0.25, -0.2) is 9.97 Å². The van der Waals surface area contributed by atoms with E-state index < -0.39 is 0 Å². The number of nitrogens with zero attached hydrogens (tertiary/aromatic N) is 2. The maximum atomic E-state index is 5.64. The summed E-state index contributed by atoms with van der Waals surface area (Å²) in [7, 11) is 0. The third-order valence-electron chi connectivity index (χ3n) is 0.983. The fourth-order valence-electron chi connectivity index (χ4n) is 0.628. The van der Waals surface area contributed by atoms with Crippen LogP contribution in [0.5, 0.6) is 0 Å². The van der Waals surface area contributed by atoms with Crippen LogP contribution in [0.4, 0.5) is 0 Å². The first-order chi connectivity index (χ1) is 5.22. The highest BCUT2D eigenvalue weighted by Crippen LogP contribution is 2.13. The third kappa shape index (κ3) is 2.85. The van der Waals surface area contributed by atoms with Crippen LogP contribution in [0.3, 0.4) is 0 Å². The van der Waals surface area contributed by atoms with Crippen molar-refractivity contribution in [3.63, 3.8) is 0 Å². The second-order valence-electron chi connectivity index (χ2n) is 1.86. The van der Waals surface area contributed by atoms with Crippen molar-refractivity contribution >= 4 is 35.0 Å². The highest BCUT2D eigenvalue weighted by atomic mass is 35.5. The minimum atomic E-state index is 0.397. The Morgan fingerprint density at radius 2 is 1.91 bits per heavy atom. The Morgan fingerprint density at radius 3 is 2.36 bits per heavy atom. The van der Waals surface area contributed by atoms with Gasteiger partial charge in [0.2, 0.25) is 0 Å². The van der Waals surface area contributed by atoms with Crippen LogP contribution in [-0.2, 0) is 5.75 Å². The van der Waals surface area contributed by atoms with E-state index in [1.54, 1.807) is 11.8 Å². The highest BCUT2D eigenvalue weighted by molar-refractivity contribution is 7.97. The average Bonchev–Trinajstić information content (AvgIpc) is 1.85. The smallest absolute Gasteiger partial charge is 0.141 e. The standard InChI is InChI=1S/C6H6Cl2N2S/c1-11-3-6-9-4(7)2-5(8)10-6/h2H,3H2,1H3. The SMILES string of the molecule is CSCc1nc(Cl)cc(Cl)n1. The second kappa shape index (κ2) is 4.14. The normalized spacial score (nSPS) is 10.1. The Bertz CT molecular complexity index is 234. The molecular formula is C6H6Cl2N2S. The van der Waals surface area contributed by atoms with Gasteiger partial charge in [-0.05, 0) is 6.26 Å². The van der Waals surface area contributed by atoms with Crippen LogP contribution < -0.4 is 0 Å². The van der Waals surface area contributed by atoms with Crippen LogP contribution >= 0.6 is 35.0 Å². The molecule has 0 spiro atoms. The van der Waals surface area contributed by atoms with E-state index in [0.29, 0.717) is 16.1 Å². The van der Waals surface area contributed by atoms with Gasteiger partial charge in [0.15, 0.2) is 0 Å². The molecule has 0 atom stereocenters. The largest absolute Gasteiger partial charge is 0.220 e. The molecule has 60 valence electrons. The van der Waals surface area contributed by atoms with Crippen molar-refractivity contribution in [2.75, 3.05) is 6.26 Å². The van der Waals surface area contributed by atoms with E-state index in [0.717, 1.165) is 5.75 Å². The highest BCUT2D eigenvalue weighted by Gasteiger charge is 1.99. The van der Waals surface area contributed by atoms with Crippen molar-refractivity contribution in [3.05, 3.63) is 22.2 Å². The van der Waals surface area contributed by atoms with Crippen molar-refractivity contribution in [2.45, 2.75) is 5.75 Å². The summed E-state index contributed by atoms with van der Waals surface area (Å²) in [6.45, 7) is 0. The molecule has 1 aromatic rings. The van der Waals surface area contributed by atoms with Crippen molar-refractivity contribution in [1.29, 1.82) is 0 Å². The van der Waals surface area contributed by atoms with Gasteiger partial charge in [-0.2, -0.15) is 11.8 Å². The van der Waals surface area contributed by atoms with E-state index in [1.807, 2.05) is 6.26 Å². The average molecular weight is 209 g/mol. The van der Waals surface area contributed by atoms with Crippen LogP contribution in [0.15, 0.2) is 6.07 Å². The van der Waals surface area contributed by atoms with Crippen molar-refractivity contribution in [3.8, 4) is 0 Å². The lowest BCUT2D eigenvalue weighted by atomic mass is 10.6. The van der Waals surface area contributed by atoms with Gasteiger partial charge in [0.1, 0.15) is 16.1 Å². The number of rotatable bonds is 2. The molecular weight excluding hydrogens is 203 g/mol. The summed E-state index contributed by atoms with van der Waals surface area (Å²) < 4.78 is 0. The van der Waals surface area contributed by atoms with Gasteiger partial charge in [0.25, 0.3) is 0 Å². The first-order valence-electron chi connectivity index (χ1n) is 2.90. The minimum absolute atomic E-state index is 0.397. The fraction of sp³-hybridized carbons (Fsp3) is 0.333. The Kier molecular flexibility index (Phi) is 3.43. The number of halogens is 2. The van der Waals surface area contributed by atoms with E-state index in [1.165, 1.54) is 6.07 Å². The molecule has 0 saturated carbocycles. The molecule has 0 amide bonds. The number of thioether (sulfide) groups is 1. The molecule has 1 rings (SSSR count). The van der Waals surface area contributed by atoms with Crippen LogP contribution in [0.1, 0.15) is 5.82 Å². The zero-order valence-corrected chi connectivity index (χ0v) is 8.17. The Balaban J connectivity index is 2.89. The molecule has 0 N–H and O–H groups in total. The molecule has 0 unspecified atom stereocenters. The lowest BCUT2D eigenvalue weighted by molar-refractivity contribution is 1.04. The third-order valence-corrected chi connectivity index (χ3v) is 1.92. The second-order valence-corrected chi connectivity index (χ2v) is 3.50. The summed E-state index contributed by atoms with van der Waals surface area (Å²) >= 11 is 12.9. The number of aromatic nitrogens is 2. The molecule has 0 bridgehead atoms. The lowest BCUT2D eigenvalue weighted by Crippen LogP contribution is -1.92. The molecule has 0 fully saturated rings. The maximum absolute atomic E-state index is 5.64. The zero-order valence-electron chi connectivity index (χ0n) is 5.84. The molecule has 0 radical (unpaired) electrons. The van der Waals surface area contributed by atoms with E-state index in [4.69, 9.17) is 23.2 Å². The van der Waals surface area contributed by atoms with Crippen LogP contribution in [0.25, 0.3) is 0 Å². The molecule has 0 saturated heterocycles. The molecule has 11 heavy (non-hydrogen) atoms. The number of hydrogen-bond acceptors (Lipinski definition) is 3. The van der Waals surface area contributed by atoms with Crippen LogP contribution in [0.2, 0.25) is 10.3 Å². The van der Waals surface area contributed by atoms with E-state index >= 15 is 0 Å². The van der Waals surface area contributed by atoms with Gasteiger partial charge < -0.3 is 0 Å². The van der Waals surface area contributed by atoms with E-state index in [2.05, 4.69) is 9.97 Å². The van der Waals surface area contributed by atoms with Gasteiger partial charge in [-0.1, -0.05) is 23.2 Å². The van der Waals surface area contributed by atoms with Crippen molar-refractivity contribution in [1.82, 2.24) is 9.97 Å². The van der Waals surface area contributed by atoms with E-state index in [9.17, 15) is 0 Å². The van der Waals surface area contributed by atoms with Gasteiger partial charge in [-0.3, -0.25) is 0 Å². The Hall–Kier alpha value is 0.01000. The topological polar surface area (TPSA) is 25.8 Å². The fourth-order valence-corrected chi connectivity index (χ4v) is 1.47. The number of hydrogen-bond donors (Lipinski definition) is 0. The molecule has 0 aliphatic carbocycles. The molecule has 1 aromatic heterocycles. The first kappa shape index (κ1) is 9.10. The molecule has 0 aliphatic rings. The van der Waals surface area contributed by atoms with E-state index in [-0.39, 0.29) is 0 Å². The predicted molar refractivity (Wildman–Crippen MR) is 49.3 cm³/mol.